The van der Waals surface area contributed by atoms with Crippen LogP contribution in [0.5, 0.6) is 0 Å². The number of nitrogens with one attached hydrogen (secondary N) is 2. The Bertz CT molecular complexity index is 1590. The Hall–Kier alpha value is -3.44. The first kappa shape index (κ1) is 27.4. The maximum Gasteiger partial charge on any atom is 0.229 e. The van der Waals surface area contributed by atoms with Gasteiger partial charge in [0.25, 0.3) is 0 Å². The number of hydrogen-bond donors (Lipinski definition) is 2. The fourth-order valence-corrected chi connectivity index (χ4v) is 6.11. The summed E-state index contributed by atoms with van der Waals surface area (Å²) in [6.45, 7) is 10.1. The molecular weight excluding hydrogens is 536 g/mol. The molecule has 0 unspecified atom stereocenters. The smallest absolute Gasteiger partial charge is 0.229 e. The number of piperazine rings is 1. The van der Waals surface area contributed by atoms with E-state index < -0.39 is 11.6 Å². The van der Waals surface area contributed by atoms with Crippen LogP contribution in [0.4, 0.5) is 20.4 Å². The van der Waals surface area contributed by atoms with Crippen LogP contribution in [0.3, 0.4) is 0 Å². The maximum atomic E-state index is 15.2. The predicted molar refractivity (Wildman–Crippen MR) is 159 cm³/mol. The highest BCUT2D eigenvalue weighted by Gasteiger charge is 2.47. The summed E-state index contributed by atoms with van der Waals surface area (Å²) in [7, 11) is 0. The zero-order valence-corrected chi connectivity index (χ0v) is 24.2. The largest absolute Gasteiger partial charge is 0.379 e. The van der Waals surface area contributed by atoms with Crippen molar-refractivity contribution in [1.82, 2.24) is 29.7 Å². The van der Waals surface area contributed by atoms with Gasteiger partial charge in [0.15, 0.2) is 0 Å². The zero-order valence-electron chi connectivity index (χ0n) is 24.2. The lowest BCUT2D eigenvalue weighted by Gasteiger charge is -2.39. The SMILES string of the molecule is Cc1ccc(Nc2ncc3ccn(-c4cc(F)c(CN5CCOCC5)c(F)c4)c3n2)cc1CN1CC2(CC2)NC[C@H]1C. The lowest BCUT2D eigenvalue weighted by atomic mass is 10.0. The highest BCUT2D eigenvalue weighted by molar-refractivity contribution is 5.79. The number of aryl methyl sites for hydroxylation is 1. The van der Waals surface area contributed by atoms with Crippen molar-refractivity contribution >= 4 is 22.7 Å². The van der Waals surface area contributed by atoms with Crippen LogP contribution < -0.4 is 10.6 Å². The number of anilines is 2. The molecule has 42 heavy (non-hydrogen) atoms. The van der Waals surface area contributed by atoms with E-state index in [1.54, 1.807) is 17.0 Å². The van der Waals surface area contributed by atoms with Crippen LogP contribution in [0.2, 0.25) is 0 Å². The summed E-state index contributed by atoms with van der Waals surface area (Å²) in [5, 5.41) is 7.87. The van der Waals surface area contributed by atoms with Gasteiger partial charge in [0, 0.05) is 79.9 Å². The fraction of sp³-hybridized carbons (Fsp3) is 0.438. The normalized spacial score (nSPS) is 20.8. The molecule has 2 N–H and O–H groups in total. The molecule has 0 bridgehead atoms. The van der Waals surface area contributed by atoms with Gasteiger partial charge in [-0.3, -0.25) is 9.80 Å². The van der Waals surface area contributed by atoms with Gasteiger partial charge in [-0.25, -0.2) is 13.8 Å². The van der Waals surface area contributed by atoms with Gasteiger partial charge in [-0.05, 0) is 68.1 Å². The molecule has 4 heterocycles. The van der Waals surface area contributed by atoms with Crippen molar-refractivity contribution in [3.05, 3.63) is 77.1 Å². The second kappa shape index (κ2) is 11.0. The summed E-state index contributed by atoms with van der Waals surface area (Å²) in [5.41, 5.74) is 4.78. The molecular formula is C32H37F2N7O. The van der Waals surface area contributed by atoms with Gasteiger partial charge < -0.3 is 19.9 Å². The average Bonchev–Trinajstić information content (AvgIpc) is 3.61. The highest BCUT2D eigenvalue weighted by atomic mass is 19.1. The maximum absolute atomic E-state index is 15.2. The Kier molecular flexibility index (Phi) is 7.17. The summed E-state index contributed by atoms with van der Waals surface area (Å²) < 4.78 is 37.4. The van der Waals surface area contributed by atoms with E-state index in [1.807, 2.05) is 17.0 Å². The Morgan fingerprint density at radius 2 is 1.86 bits per heavy atom. The molecule has 1 spiro atoms. The molecule has 3 fully saturated rings. The number of hydrogen-bond acceptors (Lipinski definition) is 7. The molecule has 0 amide bonds. The minimum atomic E-state index is -0.565. The van der Waals surface area contributed by atoms with Crippen molar-refractivity contribution in [2.24, 2.45) is 0 Å². The fourth-order valence-electron chi connectivity index (χ4n) is 6.11. The second-order valence-electron chi connectivity index (χ2n) is 12.1. The lowest BCUT2D eigenvalue weighted by molar-refractivity contribution is 0.0332. The number of halogens is 2. The standard InChI is InChI=1S/C32H37F2N7O/c1-21-3-4-25(13-24(21)18-40-20-32(6-7-32)36-16-22(40)2)37-31-35-17-23-5-8-41(30(23)38-31)26-14-28(33)27(29(34)15-26)19-39-9-11-42-12-10-39/h3-5,8,13-15,17,22,36H,6-7,9-12,16,18-20H2,1-2H3,(H,35,37,38)/t22-/m1/s1. The van der Waals surface area contributed by atoms with Crippen LogP contribution in [0.25, 0.3) is 16.7 Å². The summed E-state index contributed by atoms with van der Waals surface area (Å²) in [5.74, 6) is -0.705. The molecule has 1 saturated carbocycles. The van der Waals surface area contributed by atoms with Crippen LogP contribution in [0, 0.1) is 18.6 Å². The van der Waals surface area contributed by atoms with Crippen LogP contribution in [0.1, 0.15) is 36.5 Å². The number of nitrogens with zero attached hydrogens (tertiary/aromatic N) is 5. The summed E-state index contributed by atoms with van der Waals surface area (Å²) in [4.78, 5) is 13.8. The molecule has 7 rings (SSSR count). The minimum Gasteiger partial charge on any atom is -0.379 e. The Labute approximate surface area is 244 Å². The number of benzene rings is 2. The van der Waals surface area contributed by atoms with Gasteiger partial charge in [-0.2, -0.15) is 4.98 Å². The Morgan fingerprint density at radius 3 is 2.62 bits per heavy atom. The number of aromatic nitrogens is 3. The predicted octanol–water partition coefficient (Wildman–Crippen LogP) is 4.91. The summed E-state index contributed by atoms with van der Waals surface area (Å²) in [6, 6.07) is 11.4. The van der Waals surface area contributed by atoms with Gasteiger partial charge in [0.1, 0.15) is 17.3 Å². The number of rotatable bonds is 7. The first-order valence-corrected chi connectivity index (χ1v) is 14.8. The first-order chi connectivity index (χ1) is 20.4. The molecule has 2 saturated heterocycles. The van der Waals surface area contributed by atoms with Crippen molar-refractivity contribution < 1.29 is 13.5 Å². The molecule has 8 nitrogen and oxygen atoms in total. The third-order valence-electron chi connectivity index (χ3n) is 9.05. The van der Waals surface area contributed by atoms with E-state index in [2.05, 4.69) is 46.5 Å². The van der Waals surface area contributed by atoms with Gasteiger partial charge in [-0.1, -0.05) is 6.07 Å². The molecule has 2 aliphatic heterocycles. The minimum absolute atomic E-state index is 0.0757. The van der Waals surface area contributed by atoms with Crippen molar-refractivity contribution in [1.29, 1.82) is 0 Å². The van der Waals surface area contributed by atoms with Crippen molar-refractivity contribution in [3.8, 4) is 5.69 Å². The molecule has 3 aliphatic rings. The first-order valence-electron chi connectivity index (χ1n) is 14.8. The van der Waals surface area contributed by atoms with Crippen LogP contribution in [-0.4, -0.2) is 75.3 Å². The van der Waals surface area contributed by atoms with Gasteiger partial charge in [-0.15, -0.1) is 0 Å². The summed E-state index contributed by atoms with van der Waals surface area (Å²) in [6.07, 6.45) is 6.02. The molecule has 1 atom stereocenters. The zero-order chi connectivity index (χ0) is 28.8. The summed E-state index contributed by atoms with van der Waals surface area (Å²) >= 11 is 0. The van der Waals surface area contributed by atoms with E-state index in [9.17, 15) is 0 Å². The number of fused-ring (bicyclic) bond motifs is 1. The third-order valence-corrected chi connectivity index (χ3v) is 9.05. The molecule has 2 aromatic carbocycles. The van der Waals surface area contributed by atoms with Gasteiger partial charge in [0.05, 0.1) is 18.9 Å². The van der Waals surface area contributed by atoms with E-state index in [1.165, 1.54) is 36.1 Å². The lowest BCUT2D eigenvalue weighted by Crippen LogP contribution is -2.56. The molecule has 1 aliphatic carbocycles. The van der Waals surface area contributed by atoms with Crippen LogP contribution in [0.15, 0.2) is 48.8 Å². The van der Waals surface area contributed by atoms with E-state index >= 15 is 8.78 Å². The van der Waals surface area contributed by atoms with Crippen molar-refractivity contribution in [3.63, 3.8) is 0 Å². The average molecular weight is 574 g/mol. The quantitative estimate of drug-likeness (QED) is 0.326. The molecule has 220 valence electrons. The molecule has 2 aromatic heterocycles. The Morgan fingerprint density at radius 1 is 1.07 bits per heavy atom. The molecule has 4 aromatic rings. The van der Waals surface area contributed by atoms with E-state index in [-0.39, 0.29) is 12.1 Å². The highest BCUT2D eigenvalue weighted by Crippen LogP contribution is 2.39. The van der Waals surface area contributed by atoms with Crippen LogP contribution >= 0.6 is 0 Å². The second-order valence-corrected chi connectivity index (χ2v) is 12.1. The number of morpholine rings is 1. The monoisotopic (exact) mass is 573 g/mol. The van der Waals surface area contributed by atoms with E-state index in [0.717, 1.165) is 30.7 Å². The van der Waals surface area contributed by atoms with E-state index in [0.29, 0.717) is 55.2 Å². The van der Waals surface area contributed by atoms with Gasteiger partial charge in [0.2, 0.25) is 5.95 Å². The van der Waals surface area contributed by atoms with Gasteiger partial charge >= 0.3 is 0 Å². The molecule has 0 radical (unpaired) electrons. The Balaban J connectivity index is 1.12. The molecule has 10 heteroatoms. The van der Waals surface area contributed by atoms with Crippen molar-refractivity contribution in [2.45, 2.75) is 51.4 Å². The number of ether oxygens (including phenoxy) is 1. The van der Waals surface area contributed by atoms with Crippen LogP contribution in [-0.2, 0) is 17.8 Å². The third kappa shape index (κ3) is 5.51. The van der Waals surface area contributed by atoms with Crippen molar-refractivity contribution in [2.75, 3.05) is 44.7 Å². The topological polar surface area (TPSA) is 70.5 Å². The van der Waals surface area contributed by atoms with E-state index in [4.69, 9.17) is 9.72 Å².